The number of likely N-dealkylation sites (tertiary alicyclic amines) is 1. The molecular weight excluding hydrogens is 395 g/mol. The Labute approximate surface area is 181 Å². The molecule has 162 valence electrons. The number of hydrogen-bond acceptors (Lipinski definition) is 4. The minimum Gasteiger partial charge on any atom is -0.492 e. The highest BCUT2D eigenvalue weighted by molar-refractivity contribution is 5.38. The maximum atomic E-state index is 13.0. The molecule has 1 aromatic heterocycles. The fraction of sp³-hybridized carbons (Fsp3) is 0.320. The first kappa shape index (κ1) is 21.1. The first-order chi connectivity index (χ1) is 15.2. The predicted octanol–water partition coefficient (Wildman–Crippen LogP) is 4.42. The summed E-state index contributed by atoms with van der Waals surface area (Å²) in [6, 6.07) is 16.7. The van der Waals surface area contributed by atoms with E-state index in [0.29, 0.717) is 12.4 Å². The number of piperidine rings is 1. The van der Waals surface area contributed by atoms with E-state index in [9.17, 15) is 9.18 Å². The van der Waals surface area contributed by atoms with Crippen molar-refractivity contribution >= 4 is 0 Å². The number of pyridine rings is 1. The lowest BCUT2D eigenvalue weighted by Gasteiger charge is -2.26. The molecule has 6 heteroatoms. The summed E-state index contributed by atoms with van der Waals surface area (Å²) in [6.45, 7) is 4.18. The van der Waals surface area contributed by atoms with Gasteiger partial charge in [0.05, 0.1) is 0 Å². The Morgan fingerprint density at radius 1 is 0.839 bits per heavy atom. The standard InChI is InChI=1S/C25H27FN2O3/c26-21-4-8-24(9-5-21)31-19-20-12-15-28(25(29)18-20)22-6-10-23(11-7-22)30-17-16-27-13-2-1-3-14-27/h4-12,15,18H,1-3,13-14,16-17,19H2. The largest absolute Gasteiger partial charge is 0.492 e. The van der Waals surface area contributed by atoms with Crippen LogP contribution in [0.2, 0.25) is 0 Å². The molecule has 3 aromatic rings. The van der Waals surface area contributed by atoms with Gasteiger partial charge in [-0.25, -0.2) is 4.39 Å². The van der Waals surface area contributed by atoms with Crippen molar-refractivity contribution in [3.05, 3.63) is 88.6 Å². The van der Waals surface area contributed by atoms with E-state index in [1.54, 1.807) is 29.0 Å². The van der Waals surface area contributed by atoms with Gasteiger partial charge >= 0.3 is 0 Å². The predicted molar refractivity (Wildman–Crippen MR) is 119 cm³/mol. The normalized spacial score (nSPS) is 14.4. The average molecular weight is 423 g/mol. The van der Waals surface area contributed by atoms with Crippen molar-refractivity contribution in [3.63, 3.8) is 0 Å². The number of hydrogen-bond donors (Lipinski definition) is 0. The molecule has 0 radical (unpaired) electrons. The molecule has 0 aliphatic carbocycles. The molecule has 31 heavy (non-hydrogen) atoms. The SMILES string of the molecule is O=c1cc(COc2ccc(F)cc2)ccn1-c1ccc(OCCN2CCCCC2)cc1. The molecule has 2 aromatic carbocycles. The Morgan fingerprint density at radius 2 is 1.52 bits per heavy atom. The molecule has 0 bridgehead atoms. The second kappa shape index (κ2) is 10.3. The summed E-state index contributed by atoms with van der Waals surface area (Å²) in [5, 5.41) is 0. The Hall–Kier alpha value is -3.12. The summed E-state index contributed by atoms with van der Waals surface area (Å²) in [6.07, 6.45) is 5.62. The minimum absolute atomic E-state index is 0.140. The second-order valence-electron chi connectivity index (χ2n) is 7.73. The van der Waals surface area contributed by atoms with Crippen molar-refractivity contribution in [2.45, 2.75) is 25.9 Å². The van der Waals surface area contributed by atoms with E-state index in [2.05, 4.69) is 4.90 Å². The van der Waals surface area contributed by atoms with E-state index < -0.39 is 0 Å². The number of ether oxygens (including phenoxy) is 2. The van der Waals surface area contributed by atoms with Gasteiger partial charge < -0.3 is 9.47 Å². The molecule has 0 unspecified atom stereocenters. The van der Waals surface area contributed by atoms with Gasteiger partial charge in [0.2, 0.25) is 0 Å². The number of benzene rings is 2. The molecule has 1 saturated heterocycles. The van der Waals surface area contributed by atoms with Crippen LogP contribution in [0, 0.1) is 5.82 Å². The highest BCUT2D eigenvalue weighted by Crippen LogP contribution is 2.16. The van der Waals surface area contributed by atoms with E-state index in [4.69, 9.17) is 9.47 Å². The van der Waals surface area contributed by atoms with Gasteiger partial charge in [0.15, 0.2) is 0 Å². The molecule has 0 spiro atoms. The van der Waals surface area contributed by atoms with Crippen LogP contribution in [0.15, 0.2) is 71.7 Å². The summed E-state index contributed by atoms with van der Waals surface area (Å²) >= 11 is 0. The van der Waals surface area contributed by atoms with Crippen LogP contribution in [-0.4, -0.2) is 35.7 Å². The van der Waals surface area contributed by atoms with Crippen LogP contribution in [0.25, 0.3) is 5.69 Å². The molecular formula is C25H27FN2O3. The first-order valence-corrected chi connectivity index (χ1v) is 10.7. The van der Waals surface area contributed by atoms with Gasteiger partial charge in [0, 0.05) is 24.5 Å². The molecule has 1 aliphatic heterocycles. The molecule has 0 N–H and O–H groups in total. The fourth-order valence-corrected chi connectivity index (χ4v) is 3.70. The zero-order valence-electron chi connectivity index (χ0n) is 17.5. The highest BCUT2D eigenvalue weighted by atomic mass is 19.1. The second-order valence-corrected chi connectivity index (χ2v) is 7.73. The Kier molecular flexibility index (Phi) is 6.99. The lowest BCUT2D eigenvalue weighted by Crippen LogP contribution is -2.33. The number of aromatic nitrogens is 1. The summed E-state index contributed by atoms with van der Waals surface area (Å²) in [4.78, 5) is 15.0. The van der Waals surface area contributed by atoms with E-state index in [-0.39, 0.29) is 18.0 Å². The van der Waals surface area contributed by atoms with E-state index in [1.807, 2.05) is 30.3 Å². The van der Waals surface area contributed by atoms with Gasteiger partial charge in [0.1, 0.15) is 30.5 Å². The summed E-state index contributed by atoms with van der Waals surface area (Å²) in [5.74, 6) is 1.05. The topological polar surface area (TPSA) is 43.7 Å². The zero-order valence-corrected chi connectivity index (χ0v) is 17.5. The van der Waals surface area contributed by atoms with Crippen molar-refractivity contribution < 1.29 is 13.9 Å². The third-order valence-electron chi connectivity index (χ3n) is 5.44. The van der Waals surface area contributed by atoms with Crippen LogP contribution in [0.4, 0.5) is 4.39 Å². The maximum absolute atomic E-state index is 13.0. The molecule has 5 nitrogen and oxygen atoms in total. The Bertz CT molecular complexity index is 1030. The van der Waals surface area contributed by atoms with Gasteiger partial charge in [-0.2, -0.15) is 0 Å². The molecule has 0 atom stereocenters. The summed E-state index contributed by atoms with van der Waals surface area (Å²) < 4.78 is 26.0. The molecule has 1 fully saturated rings. The summed E-state index contributed by atoms with van der Waals surface area (Å²) in [7, 11) is 0. The molecule has 2 heterocycles. The van der Waals surface area contributed by atoms with Crippen molar-refractivity contribution in [2.24, 2.45) is 0 Å². The molecule has 0 amide bonds. The van der Waals surface area contributed by atoms with Crippen LogP contribution in [0.1, 0.15) is 24.8 Å². The van der Waals surface area contributed by atoms with Crippen molar-refractivity contribution in [1.29, 1.82) is 0 Å². The van der Waals surface area contributed by atoms with Crippen LogP contribution in [0.3, 0.4) is 0 Å². The molecule has 4 rings (SSSR count). The maximum Gasteiger partial charge on any atom is 0.255 e. The number of nitrogens with zero attached hydrogens (tertiary/aromatic N) is 2. The number of halogens is 1. The van der Waals surface area contributed by atoms with Gasteiger partial charge in [-0.05, 0) is 86.1 Å². The Morgan fingerprint density at radius 3 is 2.23 bits per heavy atom. The third kappa shape index (κ3) is 5.95. The monoisotopic (exact) mass is 422 g/mol. The van der Waals surface area contributed by atoms with Crippen molar-refractivity contribution in [3.8, 4) is 17.2 Å². The lowest BCUT2D eigenvalue weighted by molar-refractivity contribution is 0.183. The third-order valence-corrected chi connectivity index (χ3v) is 5.44. The average Bonchev–Trinajstić information content (AvgIpc) is 2.80. The van der Waals surface area contributed by atoms with Crippen molar-refractivity contribution in [2.75, 3.05) is 26.2 Å². The van der Waals surface area contributed by atoms with Gasteiger partial charge in [-0.1, -0.05) is 6.42 Å². The van der Waals surface area contributed by atoms with Gasteiger partial charge in [-0.3, -0.25) is 14.3 Å². The van der Waals surface area contributed by atoms with Crippen LogP contribution in [-0.2, 0) is 6.61 Å². The molecule has 1 aliphatic rings. The van der Waals surface area contributed by atoms with Crippen LogP contribution in [0.5, 0.6) is 11.5 Å². The van der Waals surface area contributed by atoms with Crippen LogP contribution >= 0.6 is 0 Å². The van der Waals surface area contributed by atoms with Crippen molar-refractivity contribution in [1.82, 2.24) is 9.47 Å². The lowest BCUT2D eigenvalue weighted by atomic mass is 10.1. The van der Waals surface area contributed by atoms with E-state index >= 15 is 0 Å². The van der Waals surface area contributed by atoms with E-state index in [0.717, 1.165) is 36.6 Å². The smallest absolute Gasteiger partial charge is 0.255 e. The van der Waals surface area contributed by atoms with Gasteiger partial charge in [-0.15, -0.1) is 0 Å². The van der Waals surface area contributed by atoms with Crippen LogP contribution < -0.4 is 15.0 Å². The van der Waals surface area contributed by atoms with Gasteiger partial charge in [0.25, 0.3) is 5.56 Å². The summed E-state index contributed by atoms with van der Waals surface area (Å²) in [5.41, 5.74) is 1.39. The highest BCUT2D eigenvalue weighted by Gasteiger charge is 2.09. The fourth-order valence-electron chi connectivity index (χ4n) is 3.70. The van der Waals surface area contributed by atoms with E-state index in [1.165, 1.54) is 31.4 Å². The number of rotatable bonds is 8. The quantitative estimate of drug-likeness (QED) is 0.539. The Balaban J connectivity index is 1.32. The molecule has 0 saturated carbocycles. The minimum atomic E-state index is -0.312. The zero-order chi connectivity index (χ0) is 21.5. The first-order valence-electron chi connectivity index (χ1n) is 10.7.